The number of ether oxygens (including phenoxy) is 1. The number of aromatic nitrogens is 2. The molecular weight excluding hydrogens is 368 g/mol. The van der Waals surface area contributed by atoms with Crippen molar-refractivity contribution in [2.24, 2.45) is 5.73 Å². The highest BCUT2D eigenvalue weighted by atomic mass is 16.5. The number of nitrogens with zero attached hydrogens (tertiary/aromatic N) is 2. The Kier molecular flexibility index (Phi) is 5.97. The summed E-state index contributed by atoms with van der Waals surface area (Å²) in [7, 11) is 1.63. The Balaban J connectivity index is 1.68. The van der Waals surface area contributed by atoms with Gasteiger partial charge in [0.15, 0.2) is 0 Å². The van der Waals surface area contributed by atoms with E-state index in [1.807, 2.05) is 42.8 Å². The van der Waals surface area contributed by atoms with Gasteiger partial charge in [0.2, 0.25) is 11.8 Å². The highest BCUT2D eigenvalue weighted by Crippen LogP contribution is 2.22. The van der Waals surface area contributed by atoms with Gasteiger partial charge in [-0.05, 0) is 62.2 Å². The third-order valence-electron chi connectivity index (χ3n) is 4.79. The summed E-state index contributed by atoms with van der Waals surface area (Å²) in [5, 5.41) is 7.47. The molecule has 0 unspecified atom stereocenters. The van der Waals surface area contributed by atoms with Crippen molar-refractivity contribution in [2.75, 3.05) is 12.4 Å². The lowest BCUT2D eigenvalue weighted by Gasteiger charge is -2.08. The molecule has 0 fully saturated rings. The average Bonchev–Trinajstić information content (AvgIpc) is 3.00. The van der Waals surface area contributed by atoms with E-state index in [4.69, 9.17) is 10.5 Å². The van der Waals surface area contributed by atoms with Crippen LogP contribution < -0.4 is 15.8 Å². The fourth-order valence-electron chi connectivity index (χ4n) is 3.21. The van der Waals surface area contributed by atoms with Crippen LogP contribution in [0.1, 0.15) is 33.7 Å². The van der Waals surface area contributed by atoms with Crippen LogP contribution in [0.2, 0.25) is 0 Å². The SMILES string of the molecule is COc1cccc(-n2nc(C)c(CCC(=O)Nc3ccc(C(N)=O)cc3)c2C)c1. The van der Waals surface area contributed by atoms with Gasteiger partial charge in [-0.2, -0.15) is 5.10 Å². The number of anilines is 1. The molecule has 0 atom stereocenters. The number of aryl methyl sites for hydroxylation is 1. The van der Waals surface area contributed by atoms with Crippen LogP contribution in [-0.2, 0) is 11.2 Å². The third-order valence-corrected chi connectivity index (χ3v) is 4.79. The van der Waals surface area contributed by atoms with Crippen LogP contribution in [-0.4, -0.2) is 28.7 Å². The van der Waals surface area contributed by atoms with Crippen LogP contribution in [0, 0.1) is 13.8 Å². The van der Waals surface area contributed by atoms with E-state index in [1.165, 1.54) is 0 Å². The average molecular weight is 392 g/mol. The Morgan fingerprint density at radius 3 is 2.52 bits per heavy atom. The van der Waals surface area contributed by atoms with Gasteiger partial charge in [0.05, 0.1) is 18.5 Å². The molecule has 1 heterocycles. The van der Waals surface area contributed by atoms with Crippen molar-refractivity contribution in [1.82, 2.24) is 9.78 Å². The first-order valence-corrected chi connectivity index (χ1v) is 9.28. The molecule has 7 nitrogen and oxygen atoms in total. The number of nitrogens with one attached hydrogen (secondary N) is 1. The van der Waals surface area contributed by atoms with Crippen molar-refractivity contribution in [1.29, 1.82) is 0 Å². The van der Waals surface area contributed by atoms with Crippen molar-refractivity contribution in [3.8, 4) is 11.4 Å². The minimum atomic E-state index is -0.498. The second-order valence-corrected chi connectivity index (χ2v) is 6.75. The van der Waals surface area contributed by atoms with E-state index in [0.717, 1.165) is 28.4 Å². The molecule has 7 heteroatoms. The van der Waals surface area contributed by atoms with Crippen LogP contribution in [0.25, 0.3) is 5.69 Å². The van der Waals surface area contributed by atoms with Crippen molar-refractivity contribution in [3.05, 3.63) is 71.0 Å². The van der Waals surface area contributed by atoms with E-state index in [1.54, 1.807) is 31.4 Å². The van der Waals surface area contributed by atoms with Gasteiger partial charge in [-0.25, -0.2) is 4.68 Å². The first-order valence-electron chi connectivity index (χ1n) is 9.28. The number of methoxy groups -OCH3 is 1. The molecule has 0 radical (unpaired) electrons. The molecular formula is C22H24N4O3. The summed E-state index contributed by atoms with van der Waals surface area (Å²) >= 11 is 0. The van der Waals surface area contributed by atoms with E-state index >= 15 is 0 Å². The molecule has 0 aliphatic rings. The zero-order valence-corrected chi connectivity index (χ0v) is 16.7. The van der Waals surface area contributed by atoms with Crippen molar-refractivity contribution >= 4 is 17.5 Å². The molecule has 0 bridgehead atoms. The standard InChI is InChI=1S/C22H24N4O3/c1-14-20(15(2)26(25-14)18-5-4-6-19(13-18)29-3)11-12-21(27)24-17-9-7-16(8-10-17)22(23)28/h4-10,13H,11-12H2,1-3H3,(H2,23,28)(H,24,27). The minimum absolute atomic E-state index is 0.107. The van der Waals surface area contributed by atoms with Gasteiger partial charge in [0, 0.05) is 29.4 Å². The number of hydrogen-bond donors (Lipinski definition) is 2. The molecule has 0 saturated heterocycles. The van der Waals surface area contributed by atoms with Gasteiger partial charge in [-0.15, -0.1) is 0 Å². The summed E-state index contributed by atoms with van der Waals surface area (Å²) < 4.78 is 7.16. The Morgan fingerprint density at radius 1 is 1.14 bits per heavy atom. The van der Waals surface area contributed by atoms with Gasteiger partial charge in [-0.3, -0.25) is 9.59 Å². The molecule has 29 heavy (non-hydrogen) atoms. The summed E-state index contributed by atoms with van der Waals surface area (Å²) in [6.45, 7) is 3.94. The van der Waals surface area contributed by atoms with Crippen molar-refractivity contribution < 1.29 is 14.3 Å². The topological polar surface area (TPSA) is 99.2 Å². The summed E-state index contributed by atoms with van der Waals surface area (Å²) in [6.07, 6.45) is 0.899. The first kappa shape index (κ1) is 20.1. The van der Waals surface area contributed by atoms with E-state index < -0.39 is 5.91 Å². The lowest BCUT2D eigenvalue weighted by atomic mass is 10.1. The summed E-state index contributed by atoms with van der Waals surface area (Å²) in [5.41, 5.74) is 10.1. The predicted octanol–water partition coefficient (Wildman–Crippen LogP) is 3.17. The quantitative estimate of drug-likeness (QED) is 0.645. The number of hydrogen-bond acceptors (Lipinski definition) is 4. The fourth-order valence-corrected chi connectivity index (χ4v) is 3.21. The van der Waals surface area contributed by atoms with Gasteiger partial charge in [-0.1, -0.05) is 6.07 Å². The molecule has 3 rings (SSSR count). The van der Waals surface area contributed by atoms with Crippen LogP contribution in [0.4, 0.5) is 5.69 Å². The number of carbonyl (C=O) groups excluding carboxylic acids is 2. The first-order chi connectivity index (χ1) is 13.9. The Bertz CT molecular complexity index is 1040. The number of amides is 2. The maximum atomic E-state index is 12.3. The second-order valence-electron chi connectivity index (χ2n) is 6.75. The normalized spacial score (nSPS) is 10.6. The Labute approximate surface area is 169 Å². The summed E-state index contributed by atoms with van der Waals surface area (Å²) in [4.78, 5) is 23.5. The minimum Gasteiger partial charge on any atom is -0.497 e. The van der Waals surface area contributed by atoms with E-state index in [9.17, 15) is 9.59 Å². The molecule has 0 spiro atoms. The zero-order valence-electron chi connectivity index (χ0n) is 16.7. The molecule has 150 valence electrons. The van der Waals surface area contributed by atoms with Crippen LogP contribution in [0.5, 0.6) is 5.75 Å². The molecule has 3 N–H and O–H groups in total. The third kappa shape index (κ3) is 4.63. The number of benzene rings is 2. The highest BCUT2D eigenvalue weighted by molar-refractivity contribution is 5.94. The highest BCUT2D eigenvalue weighted by Gasteiger charge is 2.15. The van der Waals surface area contributed by atoms with Crippen molar-refractivity contribution in [3.63, 3.8) is 0 Å². The summed E-state index contributed by atoms with van der Waals surface area (Å²) in [6, 6.07) is 14.2. The smallest absolute Gasteiger partial charge is 0.248 e. The largest absolute Gasteiger partial charge is 0.497 e. The molecule has 3 aromatic rings. The molecule has 2 aromatic carbocycles. The molecule has 0 saturated carbocycles. The number of nitrogens with two attached hydrogens (primary N) is 1. The number of rotatable bonds is 7. The van der Waals surface area contributed by atoms with Crippen LogP contribution >= 0.6 is 0 Å². The van der Waals surface area contributed by atoms with Gasteiger partial charge in [0.25, 0.3) is 0 Å². The maximum Gasteiger partial charge on any atom is 0.248 e. The van der Waals surface area contributed by atoms with E-state index in [-0.39, 0.29) is 5.91 Å². The maximum absolute atomic E-state index is 12.3. The molecule has 0 aliphatic carbocycles. The lowest BCUT2D eigenvalue weighted by molar-refractivity contribution is -0.116. The van der Waals surface area contributed by atoms with Gasteiger partial charge < -0.3 is 15.8 Å². The molecule has 1 aromatic heterocycles. The summed E-state index contributed by atoms with van der Waals surface area (Å²) in [5.74, 6) is 0.157. The van der Waals surface area contributed by atoms with Gasteiger partial charge in [0.1, 0.15) is 5.75 Å². The van der Waals surface area contributed by atoms with Crippen molar-refractivity contribution in [2.45, 2.75) is 26.7 Å². The Hall–Kier alpha value is -3.61. The van der Waals surface area contributed by atoms with E-state index in [2.05, 4.69) is 10.4 Å². The monoisotopic (exact) mass is 392 g/mol. The fraction of sp³-hybridized carbons (Fsp3) is 0.227. The Morgan fingerprint density at radius 2 is 1.86 bits per heavy atom. The molecule has 2 amide bonds. The number of carbonyl (C=O) groups is 2. The van der Waals surface area contributed by atoms with E-state index in [0.29, 0.717) is 24.1 Å². The zero-order chi connectivity index (χ0) is 21.0. The number of primary amides is 1. The molecule has 0 aliphatic heterocycles. The van der Waals surface area contributed by atoms with Gasteiger partial charge >= 0.3 is 0 Å². The lowest BCUT2D eigenvalue weighted by Crippen LogP contribution is -2.14. The van der Waals surface area contributed by atoms with Crippen LogP contribution in [0.3, 0.4) is 0 Å². The van der Waals surface area contributed by atoms with Crippen LogP contribution in [0.15, 0.2) is 48.5 Å². The second kappa shape index (κ2) is 8.60. The predicted molar refractivity (Wildman–Crippen MR) is 112 cm³/mol.